The van der Waals surface area contributed by atoms with E-state index in [0.29, 0.717) is 36.6 Å². The van der Waals surface area contributed by atoms with Crippen LogP contribution in [0.15, 0.2) is 70.1 Å². The molecule has 2 N–H and O–H groups in total. The molecule has 0 aliphatic carbocycles. The average molecular weight is 432 g/mol. The first-order chi connectivity index (χ1) is 15.6. The first-order valence-corrected chi connectivity index (χ1v) is 10.7. The van der Waals surface area contributed by atoms with Crippen LogP contribution in [0.3, 0.4) is 0 Å². The zero-order valence-electron chi connectivity index (χ0n) is 17.5. The van der Waals surface area contributed by atoms with Crippen molar-refractivity contribution in [1.29, 1.82) is 0 Å². The molecule has 8 nitrogen and oxygen atoms in total. The lowest BCUT2D eigenvalue weighted by Gasteiger charge is -2.42. The third-order valence-electron chi connectivity index (χ3n) is 6.18. The number of amides is 3. The number of hydrogen-bond donors (Lipinski definition) is 2. The molecule has 8 heteroatoms. The van der Waals surface area contributed by atoms with Crippen LogP contribution in [0.25, 0.3) is 0 Å². The SMILES string of the molecule is O=C(NCc1ccco1)c1ccccc1NC(=O)N1C[C@@H]2C[C@H](C1)c1cccc(=O)n1C2. The van der Waals surface area contributed by atoms with Crippen LogP contribution in [0.4, 0.5) is 10.5 Å². The molecule has 0 spiro atoms. The zero-order chi connectivity index (χ0) is 22.1. The van der Waals surface area contributed by atoms with Crippen molar-refractivity contribution in [2.45, 2.75) is 25.4 Å². The number of nitrogens with one attached hydrogen (secondary N) is 2. The van der Waals surface area contributed by atoms with E-state index in [-0.39, 0.29) is 35.9 Å². The number of benzene rings is 1. The molecule has 2 aliphatic rings. The normalized spacial score (nSPS) is 19.2. The smallest absolute Gasteiger partial charge is 0.321 e. The fourth-order valence-electron chi connectivity index (χ4n) is 4.72. The van der Waals surface area contributed by atoms with E-state index in [1.807, 2.05) is 10.6 Å². The molecule has 5 rings (SSSR count). The summed E-state index contributed by atoms with van der Waals surface area (Å²) in [5, 5.41) is 5.73. The van der Waals surface area contributed by atoms with E-state index in [1.54, 1.807) is 59.7 Å². The molecule has 0 radical (unpaired) electrons. The number of para-hydroxylation sites is 1. The molecular formula is C24H24N4O4. The number of carbonyl (C=O) groups excluding carboxylic acids is 2. The number of likely N-dealkylation sites (tertiary alicyclic amines) is 1. The van der Waals surface area contributed by atoms with Crippen molar-refractivity contribution < 1.29 is 14.0 Å². The highest BCUT2D eigenvalue weighted by Gasteiger charge is 2.36. The summed E-state index contributed by atoms with van der Waals surface area (Å²) in [4.78, 5) is 39.8. The molecule has 2 bridgehead atoms. The van der Waals surface area contributed by atoms with Gasteiger partial charge in [0.1, 0.15) is 5.76 Å². The van der Waals surface area contributed by atoms with Crippen LogP contribution in [0.5, 0.6) is 0 Å². The van der Waals surface area contributed by atoms with Crippen LogP contribution in [0.1, 0.15) is 34.2 Å². The lowest BCUT2D eigenvalue weighted by atomic mass is 9.83. The number of rotatable bonds is 4. The van der Waals surface area contributed by atoms with Gasteiger partial charge in [0.05, 0.1) is 24.1 Å². The molecule has 1 aromatic carbocycles. The van der Waals surface area contributed by atoms with Crippen molar-refractivity contribution in [3.05, 3.63) is 88.2 Å². The van der Waals surface area contributed by atoms with E-state index >= 15 is 0 Å². The molecule has 32 heavy (non-hydrogen) atoms. The minimum atomic E-state index is -0.291. The van der Waals surface area contributed by atoms with E-state index in [4.69, 9.17) is 4.42 Å². The van der Waals surface area contributed by atoms with Crippen molar-refractivity contribution in [3.8, 4) is 0 Å². The Labute approximate surface area is 184 Å². The number of furan rings is 1. The molecule has 0 unspecified atom stereocenters. The summed E-state index contributed by atoms with van der Waals surface area (Å²) < 4.78 is 7.09. The number of anilines is 1. The van der Waals surface area contributed by atoms with Crippen molar-refractivity contribution in [2.75, 3.05) is 18.4 Å². The molecule has 3 aromatic rings. The van der Waals surface area contributed by atoms with Gasteiger partial charge in [-0.05, 0) is 42.7 Å². The van der Waals surface area contributed by atoms with E-state index in [1.165, 1.54) is 0 Å². The first-order valence-electron chi connectivity index (χ1n) is 10.7. The largest absolute Gasteiger partial charge is 0.467 e. The van der Waals surface area contributed by atoms with Gasteiger partial charge in [-0.15, -0.1) is 0 Å². The van der Waals surface area contributed by atoms with Crippen molar-refractivity contribution >= 4 is 17.6 Å². The van der Waals surface area contributed by atoms with Gasteiger partial charge in [0.15, 0.2) is 0 Å². The lowest BCUT2D eigenvalue weighted by Crippen LogP contribution is -2.50. The highest BCUT2D eigenvalue weighted by atomic mass is 16.3. The molecule has 3 amide bonds. The first kappa shape index (κ1) is 20.1. The van der Waals surface area contributed by atoms with E-state index < -0.39 is 0 Å². The molecule has 0 saturated carbocycles. The Bertz CT molecular complexity index is 1200. The highest BCUT2D eigenvalue weighted by molar-refractivity contribution is 6.03. The van der Waals surface area contributed by atoms with Gasteiger partial charge in [-0.1, -0.05) is 18.2 Å². The number of pyridine rings is 1. The Hall–Kier alpha value is -3.81. The summed E-state index contributed by atoms with van der Waals surface area (Å²) in [6.45, 7) is 2.01. The van der Waals surface area contributed by atoms with Crippen LogP contribution in [0.2, 0.25) is 0 Å². The predicted molar refractivity (Wildman–Crippen MR) is 118 cm³/mol. The van der Waals surface area contributed by atoms with Crippen LogP contribution < -0.4 is 16.2 Å². The van der Waals surface area contributed by atoms with Gasteiger partial charge >= 0.3 is 6.03 Å². The summed E-state index contributed by atoms with van der Waals surface area (Å²) in [7, 11) is 0. The summed E-state index contributed by atoms with van der Waals surface area (Å²) in [6.07, 6.45) is 2.53. The molecule has 2 aromatic heterocycles. The second-order valence-corrected chi connectivity index (χ2v) is 8.34. The monoisotopic (exact) mass is 432 g/mol. The third kappa shape index (κ3) is 3.91. The van der Waals surface area contributed by atoms with Crippen LogP contribution in [-0.4, -0.2) is 34.5 Å². The maximum atomic E-state index is 13.1. The average Bonchev–Trinajstić information content (AvgIpc) is 3.32. The fourth-order valence-corrected chi connectivity index (χ4v) is 4.72. The summed E-state index contributed by atoms with van der Waals surface area (Å²) in [6, 6.07) is 15.6. The number of nitrogens with zero attached hydrogens (tertiary/aromatic N) is 2. The molecule has 2 atom stereocenters. The highest BCUT2D eigenvalue weighted by Crippen LogP contribution is 2.35. The third-order valence-corrected chi connectivity index (χ3v) is 6.18. The van der Waals surface area contributed by atoms with Gasteiger partial charge in [-0.3, -0.25) is 9.59 Å². The molecule has 4 heterocycles. The van der Waals surface area contributed by atoms with E-state index in [2.05, 4.69) is 10.6 Å². The summed E-state index contributed by atoms with van der Waals surface area (Å²) in [5.74, 6) is 0.730. The van der Waals surface area contributed by atoms with Crippen molar-refractivity contribution in [1.82, 2.24) is 14.8 Å². The maximum Gasteiger partial charge on any atom is 0.321 e. The Morgan fingerprint density at radius 3 is 2.72 bits per heavy atom. The molecular weight excluding hydrogens is 408 g/mol. The second-order valence-electron chi connectivity index (χ2n) is 8.34. The number of urea groups is 1. The van der Waals surface area contributed by atoms with Crippen LogP contribution >= 0.6 is 0 Å². The zero-order valence-corrected chi connectivity index (χ0v) is 17.5. The Morgan fingerprint density at radius 2 is 1.88 bits per heavy atom. The topological polar surface area (TPSA) is 96.6 Å². The number of hydrogen-bond acceptors (Lipinski definition) is 4. The molecule has 2 aliphatic heterocycles. The van der Waals surface area contributed by atoms with Crippen LogP contribution in [0, 0.1) is 5.92 Å². The number of carbonyl (C=O) groups is 2. The molecule has 1 fully saturated rings. The fraction of sp³-hybridized carbons (Fsp3) is 0.292. The Morgan fingerprint density at radius 1 is 1.00 bits per heavy atom. The van der Waals surface area contributed by atoms with Gasteiger partial charge in [0.25, 0.3) is 11.5 Å². The Balaban J connectivity index is 1.29. The van der Waals surface area contributed by atoms with Gasteiger partial charge in [0, 0.05) is 37.3 Å². The van der Waals surface area contributed by atoms with E-state index in [0.717, 1.165) is 12.1 Å². The van der Waals surface area contributed by atoms with E-state index in [9.17, 15) is 14.4 Å². The second kappa shape index (κ2) is 8.37. The minimum Gasteiger partial charge on any atom is -0.467 e. The maximum absolute atomic E-state index is 13.1. The summed E-state index contributed by atoms with van der Waals surface area (Å²) >= 11 is 0. The van der Waals surface area contributed by atoms with Crippen LogP contribution in [-0.2, 0) is 13.1 Å². The number of aromatic nitrogens is 1. The van der Waals surface area contributed by atoms with Crippen molar-refractivity contribution in [3.63, 3.8) is 0 Å². The lowest BCUT2D eigenvalue weighted by molar-refractivity contribution is 0.0949. The predicted octanol–water partition coefficient (Wildman–Crippen LogP) is 3.02. The Kier molecular flexibility index (Phi) is 5.26. The van der Waals surface area contributed by atoms with Gasteiger partial charge in [-0.2, -0.15) is 0 Å². The molecule has 1 saturated heterocycles. The molecule has 164 valence electrons. The van der Waals surface area contributed by atoms with Gasteiger partial charge < -0.3 is 24.5 Å². The number of piperidine rings is 1. The van der Waals surface area contributed by atoms with Gasteiger partial charge in [-0.25, -0.2) is 4.79 Å². The summed E-state index contributed by atoms with van der Waals surface area (Å²) in [5.41, 5.74) is 1.86. The number of fused-ring (bicyclic) bond motifs is 4. The minimum absolute atomic E-state index is 0.0181. The quantitative estimate of drug-likeness (QED) is 0.662. The van der Waals surface area contributed by atoms with Crippen molar-refractivity contribution in [2.24, 2.45) is 5.92 Å². The van der Waals surface area contributed by atoms with Gasteiger partial charge in [0.2, 0.25) is 0 Å². The standard InChI is InChI=1S/C24H24N4O4/c29-22-9-3-8-21-17-11-16(14-28(21)22)13-27(15-17)24(31)26-20-7-2-1-6-19(20)23(30)25-12-18-5-4-10-32-18/h1-10,16-17H,11-15H2,(H,25,30)(H,26,31)/t16-,17+/m0/s1.